The highest BCUT2D eigenvalue weighted by molar-refractivity contribution is 5.93. The van der Waals surface area contributed by atoms with E-state index >= 15 is 0 Å². The van der Waals surface area contributed by atoms with Gasteiger partial charge >= 0.3 is 0 Å². The Morgan fingerprint density at radius 3 is 3.00 bits per heavy atom. The number of benzene rings is 1. The van der Waals surface area contributed by atoms with Crippen LogP contribution in [0, 0.1) is 11.3 Å². The van der Waals surface area contributed by atoms with Crippen LogP contribution in [0.15, 0.2) is 24.3 Å². The van der Waals surface area contributed by atoms with Gasteiger partial charge in [0, 0.05) is 35.2 Å². The van der Waals surface area contributed by atoms with E-state index in [0.717, 1.165) is 18.7 Å². The lowest BCUT2D eigenvalue weighted by Gasteiger charge is -2.60. The third kappa shape index (κ3) is 2.08. The summed E-state index contributed by atoms with van der Waals surface area (Å²) in [6, 6.07) is 7.81. The molecule has 3 N–H and O–H groups in total. The second kappa shape index (κ2) is 4.77. The molecule has 20 heavy (non-hydrogen) atoms. The summed E-state index contributed by atoms with van der Waals surface area (Å²) in [5.74, 6) is 0.177. The van der Waals surface area contributed by atoms with Gasteiger partial charge in [-0.05, 0) is 31.0 Å². The third-order valence-corrected chi connectivity index (χ3v) is 4.80. The zero-order valence-electron chi connectivity index (χ0n) is 12.1. The minimum atomic E-state index is -0.389. The van der Waals surface area contributed by atoms with Gasteiger partial charge < -0.3 is 15.8 Å². The highest BCUT2D eigenvalue weighted by atomic mass is 16.5. The predicted molar refractivity (Wildman–Crippen MR) is 78.6 cm³/mol. The minimum absolute atomic E-state index is 0.119. The Hall–Kier alpha value is -1.55. The summed E-state index contributed by atoms with van der Waals surface area (Å²) in [5.41, 5.74) is 6.96. The number of nitrogens with two attached hydrogens (primary N) is 1. The minimum Gasteiger partial charge on any atom is -0.381 e. The number of amides is 1. The van der Waals surface area contributed by atoms with E-state index in [1.807, 2.05) is 18.2 Å². The Kier molecular flexibility index (Phi) is 3.21. The maximum atomic E-state index is 11.3. The van der Waals surface area contributed by atoms with Crippen LogP contribution < -0.4 is 11.1 Å². The average molecular weight is 274 g/mol. The van der Waals surface area contributed by atoms with Gasteiger partial charge in [0.05, 0.1) is 6.10 Å². The molecule has 2 aliphatic rings. The first-order valence-electron chi connectivity index (χ1n) is 7.28. The molecule has 2 fully saturated rings. The van der Waals surface area contributed by atoms with E-state index in [2.05, 4.69) is 19.2 Å². The second-order valence-electron chi connectivity index (χ2n) is 6.49. The van der Waals surface area contributed by atoms with Crippen molar-refractivity contribution in [2.24, 2.45) is 17.1 Å². The summed E-state index contributed by atoms with van der Waals surface area (Å²) in [6.07, 6.45) is 2.70. The van der Waals surface area contributed by atoms with E-state index in [-0.39, 0.29) is 11.3 Å². The van der Waals surface area contributed by atoms with Gasteiger partial charge in [0.2, 0.25) is 5.91 Å². The van der Waals surface area contributed by atoms with Crippen molar-refractivity contribution in [3.05, 3.63) is 29.8 Å². The number of ether oxygens (including phenoxy) is 1. The van der Waals surface area contributed by atoms with Crippen LogP contribution in [0.1, 0.15) is 37.0 Å². The monoisotopic (exact) mass is 274 g/mol. The number of carbonyl (C=O) groups excluding carboxylic acids is 1. The molecule has 1 amide bonds. The van der Waals surface area contributed by atoms with Gasteiger partial charge in [-0.1, -0.05) is 19.9 Å². The summed E-state index contributed by atoms with van der Waals surface area (Å²) >= 11 is 0. The first-order valence-corrected chi connectivity index (χ1v) is 7.28. The van der Waals surface area contributed by atoms with Crippen LogP contribution in [0.3, 0.4) is 0 Å². The summed E-state index contributed by atoms with van der Waals surface area (Å²) in [7, 11) is 0. The predicted octanol–water partition coefficient (Wildman–Crippen LogP) is 2.40. The number of nitrogens with one attached hydrogen (secondary N) is 1. The van der Waals surface area contributed by atoms with Crippen LogP contribution in [0.25, 0.3) is 0 Å². The standard InChI is InChI=1S/C16H22N2O2/c1-16(2)13(12-7-4-8-20-14(12)16)18-11-6-3-5-10(9-11)15(17)19/h3,5-6,9,12-14,18H,4,7-8H2,1-2H3,(H2,17,19). The smallest absolute Gasteiger partial charge is 0.248 e. The lowest BCUT2D eigenvalue weighted by Crippen LogP contribution is -2.67. The van der Waals surface area contributed by atoms with Crippen molar-refractivity contribution in [3.8, 4) is 0 Å². The van der Waals surface area contributed by atoms with Crippen LogP contribution in [0.4, 0.5) is 5.69 Å². The molecule has 1 aliphatic carbocycles. The average Bonchev–Trinajstić information content (AvgIpc) is 2.45. The summed E-state index contributed by atoms with van der Waals surface area (Å²) < 4.78 is 5.91. The maximum absolute atomic E-state index is 11.3. The first-order chi connectivity index (χ1) is 9.50. The van der Waals surface area contributed by atoms with Gasteiger partial charge in [-0.2, -0.15) is 0 Å². The number of anilines is 1. The molecule has 3 unspecified atom stereocenters. The van der Waals surface area contributed by atoms with Gasteiger partial charge in [0.25, 0.3) is 0 Å². The molecule has 1 aromatic rings. The summed E-state index contributed by atoms with van der Waals surface area (Å²) in [4.78, 5) is 11.3. The zero-order chi connectivity index (χ0) is 14.3. The summed E-state index contributed by atoms with van der Waals surface area (Å²) in [6.45, 7) is 5.37. The number of primary amides is 1. The van der Waals surface area contributed by atoms with E-state index in [1.165, 1.54) is 6.42 Å². The Balaban J connectivity index is 1.77. The van der Waals surface area contributed by atoms with E-state index in [4.69, 9.17) is 10.5 Å². The normalized spacial score (nSPS) is 31.0. The molecule has 0 spiro atoms. The molecule has 0 bridgehead atoms. The fraction of sp³-hybridized carbons (Fsp3) is 0.562. The fourth-order valence-corrected chi connectivity index (χ4v) is 3.76. The molecule has 108 valence electrons. The second-order valence-corrected chi connectivity index (χ2v) is 6.49. The van der Waals surface area contributed by atoms with Crippen molar-refractivity contribution >= 4 is 11.6 Å². The van der Waals surface area contributed by atoms with Gasteiger partial charge in [0.15, 0.2) is 0 Å². The molecule has 0 aromatic heterocycles. The molecule has 1 aromatic carbocycles. The molecule has 3 rings (SSSR count). The largest absolute Gasteiger partial charge is 0.381 e. The fourth-order valence-electron chi connectivity index (χ4n) is 3.76. The van der Waals surface area contributed by atoms with Crippen LogP contribution in [0.2, 0.25) is 0 Å². The van der Waals surface area contributed by atoms with Crippen molar-refractivity contribution in [1.82, 2.24) is 0 Å². The van der Waals surface area contributed by atoms with Crippen molar-refractivity contribution in [1.29, 1.82) is 0 Å². The molecule has 4 nitrogen and oxygen atoms in total. The Morgan fingerprint density at radius 2 is 2.25 bits per heavy atom. The molecule has 1 heterocycles. The summed E-state index contributed by atoms with van der Waals surface area (Å²) in [5, 5.41) is 3.58. The molecule has 1 aliphatic heterocycles. The van der Waals surface area contributed by atoms with Crippen LogP contribution in [-0.2, 0) is 4.74 Å². The number of hydrogen-bond donors (Lipinski definition) is 2. The van der Waals surface area contributed by atoms with E-state index < -0.39 is 0 Å². The van der Waals surface area contributed by atoms with Crippen molar-refractivity contribution in [3.63, 3.8) is 0 Å². The highest BCUT2D eigenvalue weighted by Gasteiger charge is 2.57. The lowest BCUT2D eigenvalue weighted by atomic mass is 9.55. The molecule has 4 heteroatoms. The quantitative estimate of drug-likeness (QED) is 0.889. The molecule has 1 saturated heterocycles. The van der Waals surface area contributed by atoms with Crippen LogP contribution >= 0.6 is 0 Å². The third-order valence-electron chi connectivity index (χ3n) is 4.80. The zero-order valence-corrected chi connectivity index (χ0v) is 12.1. The van der Waals surface area contributed by atoms with Crippen LogP contribution in [-0.4, -0.2) is 24.7 Å². The number of hydrogen-bond acceptors (Lipinski definition) is 3. The van der Waals surface area contributed by atoms with Crippen molar-refractivity contribution in [2.75, 3.05) is 11.9 Å². The highest BCUT2D eigenvalue weighted by Crippen LogP contribution is 2.52. The molecule has 1 saturated carbocycles. The molecule has 3 atom stereocenters. The van der Waals surface area contributed by atoms with Gasteiger partial charge in [0.1, 0.15) is 0 Å². The number of rotatable bonds is 3. The first kappa shape index (κ1) is 13.4. The van der Waals surface area contributed by atoms with E-state index in [9.17, 15) is 4.79 Å². The Labute approximate surface area is 119 Å². The molecular formula is C16H22N2O2. The number of carbonyl (C=O) groups is 1. The Morgan fingerprint density at radius 1 is 1.45 bits per heavy atom. The molecule has 0 radical (unpaired) electrons. The number of fused-ring (bicyclic) bond motifs is 1. The Bertz CT molecular complexity index is 527. The van der Waals surface area contributed by atoms with Crippen LogP contribution in [0.5, 0.6) is 0 Å². The molecular weight excluding hydrogens is 252 g/mol. The maximum Gasteiger partial charge on any atom is 0.248 e. The van der Waals surface area contributed by atoms with E-state index in [0.29, 0.717) is 23.6 Å². The topological polar surface area (TPSA) is 64.3 Å². The van der Waals surface area contributed by atoms with Gasteiger partial charge in [-0.25, -0.2) is 0 Å². The van der Waals surface area contributed by atoms with Gasteiger partial charge in [-0.3, -0.25) is 4.79 Å². The van der Waals surface area contributed by atoms with Crippen molar-refractivity contribution < 1.29 is 9.53 Å². The van der Waals surface area contributed by atoms with Crippen molar-refractivity contribution in [2.45, 2.75) is 38.8 Å². The lowest BCUT2D eigenvalue weighted by molar-refractivity contribution is -0.177. The van der Waals surface area contributed by atoms with E-state index in [1.54, 1.807) is 6.07 Å². The SMILES string of the molecule is CC1(C)C(Nc2cccc(C(N)=O)c2)C2CCCOC21. The van der Waals surface area contributed by atoms with Gasteiger partial charge in [-0.15, -0.1) is 0 Å².